The molecule has 0 radical (unpaired) electrons. The molecule has 27 heavy (non-hydrogen) atoms. The molecule has 0 saturated carbocycles. The lowest BCUT2D eigenvalue weighted by Crippen LogP contribution is -2.11. The maximum atomic E-state index is 12.2. The average molecular weight is 425 g/mol. The van der Waals surface area contributed by atoms with Crippen LogP contribution in [0, 0.1) is 0 Å². The Labute approximate surface area is 166 Å². The number of carbonyl (C=O) groups excluding carboxylic acids is 1. The van der Waals surface area contributed by atoms with Gasteiger partial charge in [0.25, 0.3) is 5.91 Å². The number of nitrogens with zero attached hydrogens (tertiary/aromatic N) is 5. The number of nitrogens with one attached hydrogen (secondary N) is 1. The normalized spacial score (nSPS) is 11.4. The summed E-state index contributed by atoms with van der Waals surface area (Å²) < 4.78 is 1.16. The van der Waals surface area contributed by atoms with Crippen LogP contribution in [0.15, 0.2) is 30.5 Å². The number of carboxylic acid groups (broad SMARTS) is 1. The second kappa shape index (κ2) is 8.25. The SMILES string of the molecule is O=C(O)Cn1cc(/C=C(\Cl)c2nnc(C(=O)Nc3ccc(Cl)cc3)s2)nn1. The molecule has 2 N–H and O–H groups in total. The van der Waals surface area contributed by atoms with Gasteiger partial charge in [-0.1, -0.05) is 39.8 Å². The second-order valence-electron chi connectivity index (χ2n) is 5.10. The van der Waals surface area contributed by atoms with Crippen molar-refractivity contribution >= 4 is 63.2 Å². The predicted octanol–water partition coefficient (Wildman–Crippen LogP) is 2.86. The number of rotatable bonds is 6. The molecule has 0 saturated heterocycles. The van der Waals surface area contributed by atoms with Crippen molar-refractivity contribution in [3.63, 3.8) is 0 Å². The van der Waals surface area contributed by atoms with E-state index < -0.39 is 11.9 Å². The van der Waals surface area contributed by atoms with Crippen molar-refractivity contribution < 1.29 is 14.7 Å². The first-order valence-electron chi connectivity index (χ1n) is 7.30. The molecule has 12 heteroatoms. The number of hydrogen-bond donors (Lipinski definition) is 2. The van der Waals surface area contributed by atoms with Gasteiger partial charge in [0.05, 0.1) is 11.2 Å². The van der Waals surface area contributed by atoms with E-state index in [0.29, 0.717) is 21.4 Å². The molecule has 0 aliphatic carbocycles. The van der Waals surface area contributed by atoms with Crippen molar-refractivity contribution in [3.8, 4) is 0 Å². The molecule has 3 aromatic rings. The van der Waals surface area contributed by atoms with Gasteiger partial charge < -0.3 is 10.4 Å². The standard InChI is InChI=1S/C15H10Cl2N6O3S/c16-8-1-3-9(4-2-8)18-13(26)15-21-20-14(27-15)11(17)5-10-6-23(22-19-10)7-12(24)25/h1-6H,7H2,(H,18,26)(H,24,25)/b11-5-. The molecule has 0 unspecified atom stereocenters. The highest BCUT2D eigenvalue weighted by Crippen LogP contribution is 2.25. The minimum Gasteiger partial charge on any atom is -0.480 e. The number of benzene rings is 1. The minimum absolute atomic E-state index is 0.126. The molecule has 1 amide bonds. The van der Waals surface area contributed by atoms with Crippen molar-refractivity contribution in [2.45, 2.75) is 6.54 Å². The van der Waals surface area contributed by atoms with Crippen LogP contribution in [0.3, 0.4) is 0 Å². The summed E-state index contributed by atoms with van der Waals surface area (Å²) in [4.78, 5) is 22.9. The Hall–Kier alpha value is -2.82. The number of carbonyl (C=O) groups is 2. The van der Waals surface area contributed by atoms with Crippen molar-refractivity contribution in [2.75, 3.05) is 5.32 Å². The number of anilines is 1. The van der Waals surface area contributed by atoms with Gasteiger partial charge in [0, 0.05) is 10.7 Å². The summed E-state index contributed by atoms with van der Waals surface area (Å²) >= 11 is 13.0. The molecule has 0 atom stereocenters. The highest BCUT2D eigenvalue weighted by atomic mass is 35.5. The predicted molar refractivity (Wildman–Crippen MR) is 101 cm³/mol. The summed E-state index contributed by atoms with van der Waals surface area (Å²) in [5, 5.41) is 27.8. The number of amides is 1. The third-order valence-electron chi connectivity index (χ3n) is 3.05. The van der Waals surface area contributed by atoms with Gasteiger partial charge in [-0.15, -0.1) is 15.3 Å². The summed E-state index contributed by atoms with van der Waals surface area (Å²) in [6.45, 7) is -0.313. The van der Waals surface area contributed by atoms with Gasteiger partial charge in [0.15, 0.2) is 5.01 Å². The lowest BCUT2D eigenvalue weighted by Gasteiger charge is -2.01. The summed E-state index contributed by atoms with van der Waals surface area (Å²) in [7, 11) is 0. The molecule has 138 valence electrons. The van der Waals surface area contributed by atoms with Crippen LogP contribution in [0.5, 0.6) is 0 Å². The molecule has 2 aromatic heterocycles. The third kappa shape index (κ3) is 5.09. The van der Waals surface area contributed by atoms with E-state index in [4.69, 9.17) is 28.3 Å². The molecule has 0 fully saturated rings. The molecule has 0 bridgehead atoms. The van der Waals surface area contributed by atoms with E-state index in [1.165, 1.54) is 12.3 Å². The quantitative estimate of drug-likeness (QED) is 0.623. The summed E-state index contributed by atoms with van der Waals surface area (Å²) in [6, 6.07) is 6.63. The lowest BCUT2D eigenvalue weighted by molar-refractivity contribution is -0.137. The van der Waals surface area contributed by atoms with Crippen LogP contribution in [0.2, 0.25) is 5.02 Å². The van der Waals surface area contributed by atoms with Crippen LogP contribution >= 0.6 is 34.5 Å². The summed E-state index contributed by atoms with van der Waals surface area (Å²) in [5.74, 6) is -1.47. The Kier molecular flexibility index (Phi) is 5.79. The van der Waals surface area contributed by atoms with E-state index >= 15 is 0 Å². The second-order valence-corrected chi connectivity index (χ2v) is 6.92. The first-order chi connectivity index (χ1) is 12.9. The first-order valence-corrected chi connectivity index (χ1v) is 8.88. The van der Waals surface area contributed by atoms with Crippen LogP contribution in [0.1, 0.15) is 20.5 Å². The molecule has 0 aliphatic heterocycles. The molecule has 9 nitrogen and oxygen atoms in total. The van der Waals surface area contributed by atoms with Gasteiger partial charge in [-0.3, -0.25) is 9.59 Å². The lowest BCUT2D eigenvalue weighted by atomic mass is 10.3. The fourth-order valence-corrected chi connectivity index (χ4v) is 2.95. The molecule has 0 aliphatic rings. The van der Waals surface area contributed by atoms with Gasteiger partial charge in [-0.25, -0.2) is 4.68 Å². The maximum Gasteiger partial charge on any atom is 0.325 e. The molecule has 3 rings (SSSR count). The fraction of sp³-hybridized carbons (Fsp3) is 0.0667. The summed E-state index contributed by atoms with van der Waals surface area (Å²) in [6.07, 6.45) is 2.87. The number of aromatic nitrogens is 5. The van der Waals surface area contributed by atoms with E-state index in [-0.39, 0.29) is 16.6 Å². The van der Waals surface area contributed by atoms with Gasteiger partial charge in [0.1, 0.15) is 12.2 Å². The monoisotopic (exact) mass is 424 g/mol. The Morgan fingerprint density at radius 1 is 1.19 bits per heavy atom. The molecule has 2 heterocycles. The summed E-state index contributed by atoms with van der Waals surface area (Å²) in [5.41, 5.74) is 0.918. The van der Waals surface area contributed by atoms with E-state index in [1.807, 2.05) is 0 Å². The number of halogens is 2. The van der Waals surface area contributed by atoms with Crippen molar-refractivity contribution in [1.29, 1.82) is 0 Å². The Morgan fingerprint density at radius 2 is 1.89 bits per heavy atom. The Morgan fingerprint density at radius 3 is 2.59 bits per heavy atom. The smallest absolute Gasteiger partial charge is 0.325 e. The Balaban J connectivity index is 1.70. The van der Waals surface area contributed by atoms with Crippen molar-refractivity contribution in [3.05, 3.63) is 51.2 Å². The van der Waals surface area contributed by atoms with E-state index in [2.05, 4.69) is 25.8 Å². The van der Waals surface area contributed by atoms with Crippen LogP contribution in [0.4, 0.5) is 5.69 Å². The fourth-order valence-electron chi connectivity index (χ4n) is 1.92. The number of aliphatic carboxylic acids is 1. The average Bonchev–Trinajstić information content (AvgIpc) is 3.26. The number of carboxylic acids is 1. The Bertz CT molecular complexity index is 1010. The highest BCUT2D eigenvalue weighted by Gasteiger charge is 2.15. The van der Waals surface area contributed by atoms with Crippen LogP contribution < -0.4 is 5.32 Å². The molecule has 1 aromatic carbocycles. The van der Waals surface area contributed by atoms with E-state index in [1.54, 1.807) is 24.3 Å². The zero-order valence-electron chi connectivity index (χ0n) is 13.3. The zero-order chi connectivity index (χ0) is 19.4. The van der Waals surface area contributed by atoms with Gasteiger partial charge in [0.2, 0.25) is 5.01 Å². The van der Waals surface area contributed by atoms with Crippen molar-refractivity contribution in [2.24, 2.45) is 0 Å². The van der Waals surface area contributed by atoms with Crippen LogP contribution in [-0.2, 0) is 11.3 Å². The minimum atomic E-state index is -1.04. The molecular weight excluding hydrogens is 415 g/mol. The third-order valence-corrected chi connectivity index (χ3v) is 4.66. The van der Waals surface area contributed by atoms with Gasteiger partial charge in [-0.2, -0.15) is 0 Å². The van der Waals surface area contributed by atoms with Crippen molar-refractivity contribution in [1.82, 2.24) is 25.2 Å². The topological polar surface area (TPSA) is 123 Å². The van der Waals surface area contributed by atoms with Crippen LogP contribution in [0.25, 0.3) is 11.1 Å². The van der Waals surface area contributed by atoms with Gasteiger partial charge >= 0.3 is 5.97 Å². The largest absolute Gasteiger partial charge is 0.480 e. The zero-order valence-corrected chi connectivity index (χ0v) is 15.7. The molecule has 0 spiro atoms. The molecular formula is C15H10Cl2N6O3S. The highest BCUT2D eigenvalue weighted by molar-refractivity contribution is 7.15. The maximum absolute atomic E-state index is 12.2. The van der Waals surface area contributed by atoms with E-state index in [9.17, 15) is 9.59 Å². The van der Waals surface area contributed by atoms with Gasteiger partial charge in [-0.05, 0) is 30.3 Å². The van der Waals surface area contributed by atoms with E-state index in [0.717, 1.165) is 16.0 Å². The number of hydrogen-bond acceptors (Lipinski definition) is 7. The first kappa shape index (κ1) is 19.0. The van der Waals surface area contributed by atoms with Crippen LogP contribution in [-0.4, -0.2) is 42.2 Å².